The van der Waals surface area contributed by atoms with Gasteiger partial charge in [0.25, 0.3) is 0 Å². The highest BCUT2D eigenvalue weighted by Crippen LogP contribution is 2.23. The summed E-state index contributed by atoms with van der Waals surface area (Å²) in [4.78, 5) is 13.1. The lowest BCUT2D eigenvalue weighted by Crippen LogP contribution is -2.33. The summed E-state index contributed by atoms with van der Waals surface area (Å²) in [5.41, 5.74) is 0. The largest absolute Gasteiger partial charge is 0.475 e. The standard InChI is InChI=1S/C14H21NO3/c1-2-3-11-6-8-15(9-7-11)10-12-4-5-13(18-12)14(16)17/h4-5,11H,2-3,6-10H2,1H3,(H,16,17). The molecule has 0 radical (unpaired) electrons. The van der Waals surface area contributed by atoms with Gasteiger partial charge >= 0.3 is 5.97 Å². The van der Waals surface area contributed by atoms with Crippen LogP contribution in [-0.4, -0.2) is 29.1 Å². The molecule has 0 saturated carbocycles. The molecule has 0 amide bonds. The fraction of sp³-hybridized carbons (Fsp3) is 0.643. The lowest BCUT2D eigenvalue weighted by Gasteiger charge is -2.31. The summed E-state index contributed by atoms with van der Waals surface area (Å²) in [5.74, 6) is 0.660. The number of carboxylic acid groups (broad SMARTS) is 1. The SMILES string of the molecule is CCCC1CCN(Cc2ccc(C(=O)O)o2)CC1. The summed E-state index contributed by atoms with van der Waals surface area (Å²) in [6.45, 7) is 5.15. The van der Waals surface area contributed by atoms with Gasteiger partial charge < -0.3 is 9.52 Å². The third-order valence-corrected chi connectivity index (χ3v) is 3.66. The maximum atomic E-state index is 10.7. The minimum Gasteiger partial charge on any atom is -0.475 e. The van der Waals surface area contributed by atoms with E-state index in [2.05, 4.69) is 11.8 Å². The first-order valence-corrected chi connectivity index (χ1v) is 6.73. The summed E-state index contributed by atoms with van der Waals surface area (Å²) in [6.07, 6.45) is 5.10. The quantitative estimate of drug-likeness (QED) is 0.874. The normalized spacial score (nSPS) is 18.1. The molecule has 1 N–H and O–H groups in total. The molecule has 4 heteroatoms. The van der Waals surface area contributed by atoms with Crippen LogP contribution in [0.2, 0.25) is 0 Å². The van der Waals surface area contributed by atoms with Crippen molar-refractivity contribution in [2.75, 3.05) is 13.1 Å². The molecule has 2 rings (SSSR count). The Labute approximate surface area is 108 Å². The topological polar surface area (TPSA) is 53.7 Å². The summed E-state index contributed by atoms with van der Waals surface area (Å²) >= 11 is 0. The fourth-order valence-corrected chi connectivity index (χ4v) is 2.64. The predicted molar refractivity (Wildman–Crippen MR) is 68.6 cm³/mol. The summed E-state index contributed by atoms with van der Waals surface area (Å²) in [5, 5.41) is 8.79. The molecular weight excluding hydrogens is 230 g/mol. The van der Waals surface area contributed by atoms with Crippen molar-refractivity contribution in [2.45, 2.75) is 39.2 Å². The second kappa shape index (κ2) is 6.05. The van der Waals surface area contributed by atoms with Gasteiger partial charge in [-0.2, -0.15) is 0 Å². The number of rotatable bonds is 5. The average molecular weight is 251 g/mol. The number of carbonyl (C=O) groups is 1. The maximum absolute atomic E-state index is 10.7. The van der Waals surface area contributed by atoms with Gasteiger partial charge in [-0.05, 0) is 44.0 Å². The molecule has 0 spiro atoms. The molecule has 18 heavy (non-hydrogen) atoms. The van der Waals surface area contributed by atoms with E-state index < -0.39 is 5.97 Å². The van der Waals surface area contributed by atoms with Crippen molar-refractivity contribution < 1.29 is 14.3 Å². The molecular formula is C14H21NO3. The second-order valence-electron chi connectivity index (χ2n) is 5.08. The summed E-state index contributed by atoms with van der Waals surface area (Å²) in [6, 6.07) is 3.29. The third kappa shape index (κ3) is 3.35. The Morgan fingerprint density at radius 3 is 2.72 bits per heavy atom. The Hall–Kier alpha value is -1.29. The van der Waals surface area contributed by atoms with Crippen LogP contribution in [0.3, 0.4) is 0 Å². The van der Waals surface area contributed by atoms with Gasteiger partial charge in [0.1, 0.15) is 5.76 Å². The van der Waals surface area contributed by atoms with Crippen LogP contribution < -0.4 is 0 Å². The predicted octanol–water partition coefficient (Wildman–Crippen LogP) is 2.99. The van der Waals surface area contributed by atoms with Gasteiger partial charge in [0.05, 0.1) is 6.54 Å². The average Bonchev–Trinajstić information content (AvgIpc) is 2.81. The van der Waals surface area contributed by atoms with Crippen LogP contribution >= 0.6 is 0 Å². The zero-order chi connectivity index (χ0) is 13.0. The molecule has 2 heterocycles. The van der Waals surface area contributed by atoms with Crippen LogP contribution in [0, 0.1) is 5.92 Å². The number of hydrogen-bond acceptors (Lipinski definition) is 3. The van der Waals surface area contributed by atoms with E-state index in [0.717, 1.165) is 31.3 Å². The Morgan fingerprint density at radius 1 is 1.44 bits per heavy atom. The molecule has 1 fully saturated rings. The molecule has 0 aliphatic carbocycles. The smallest absolute Gasteiger partial charge is 0.371 e. The molecule has 1 saturated heterocycles. The number of nitrogens with zero attached hydrogens (tertiary/aromatic N) is 1. The fourth-order valence-electron chi connectivity index (χ4n) is 2.64. The van der Waals surface area contributed by atoms with Crippen LogP contribution in [0.1, 0.15) is 48.9 Å². The zero-order valence-electron chi connectivity index (χ0n) is 10.9. The Kier molecular flexibility index (Phi) is 4.42. The van der Waals surface area contributed by atoms with Crippen molar-refractivity contribution in [3.63, 3.8) is 0 Å². The van der Waals surface area contributed by atoms with E-state index in [1.165, 1.54) is 31.7 Å². The minimum atomic E-state index is -0.997. The summed E-state index contributed by atoms with van der Waals surface area (Å²) < 4.78 is 5.28. The van der Waals surface area contributed by atoms with Crippen molar-refractivity contribution in [2.24, 2.45) is 5.92 Å². The van der Waals surface area contributed by atoms with Crippen molar-refractivity contribution in [3.8, 4) is 0 Å². The van der Waals surface area contributed by atoms with Crippen LogP contribution in [-0.2, 0) is 6.54 Å². The molecule has 0 unspecified atom stereocenters. The Balaban J connectivity index is 1.82. The van der Waals surface area contributed by atoms with E-state index in [1.807, 2.05) is 0 Å². The van der Waals surface area contributed by atoms with Crippen LogP contribution in [0.5, 0.6) is 0 Å². The van der Waals surface area contributed by atoms with E-state index >= 15 is 0 Å². The Bertz CT molecular complexity index is 391. The van der Waals surface area contributed by atoms with E-state index in [-0.39, 0.29) is 5.76 Å². The number of furan rings is 1. The van der Waals surface area contributed by atoms with Gasteiger partial charge in [-0.15, -0.1) is 0 Å². The highest BCUT2D eigenvalue weighted by atomic mass is 16.4. The highest BCUT2D eigenvalue weighted by Gasteiger charge is 2.19. The molecule has 1 aromatic heterocycles. The molecule has 1 aliphatic heterocycles. The van der Waals surface area contributed by atoms with Crippen molar-refractivity contribution in [1.29, 1.82) is 0 Å². The summed E-state index contributed by atoms with van der Waals surface area (Å²) in [7, 11) is 0. The lowest BCUT2D eigenvalue weighted by molar-refractivity contribution is 0.0657. The van der Waals surface area contributed by atoms with E-state index in [4.69, 9.17) is 9.52 Å². The zero-order valence-corrected chi connectivity index (χ0v) is 10.9. The van der Waals surface area contributed by atoms with E-state index in [9.17, 15) is 4.79 Å². The van der Waals surface area contributed by atoms with Crippen molar-refractivity contribution in [3.05, 3.63) is 23.7 Å². The number of carboxylic acids is 1. The first kappa shape index (κ1) is 13.1. The van der Waals surface area contributed by atoms with E-state index in [0.29, 0.717) is 0 Å². The number of aromatic carboxylic acids is 1. The van der Waals surface area contributed by atoms with Crippen LogP contribution in [0.25, 0.3) is 0 Å². The minimum absolute atomic E-state index is 0.0332. The van der Waals surface area contributed by atoms with Gasteiger partial charge in [0, 0.05) is 0 Å². The first-order chi connectivity index (χ1) is 8.69. The number of hydrogen-bond donors (Lipinski definition) is 1. The molecule has 1 aliphatic rings. The Morgan fingerprint density at radius 2 is 2.17 bits per heavy atom. The monoisotopic (exact) mass is 251 g/mol. The van der Waals surface area contributed by atoms with Gasteiger partial charge in [-0.1, -0.05) is 19.8 Å². The maximum Gasteiger partial charge on any atom is 0.371 e. The van der Waals surface area contributed by atoms with Crippen LogP contribution in [0.4, 0.5) is 0 Å². The number of likely N-dealkylation sites (tertiary alicyclic amines) is 1. The van der Waals surface area contributed by atoms with Crippen molar-refractivity contribution >= 4 is 5.97 Å². The highest BCUT2D eigenvalue weighted by molar-refractivity contribution is 5.84. The molecule has 100 valence electrons. The van der Waals surface area contributed by atoms with Crippen molar-refractivity contribution in [1.82, 2.24) is 4.90 Å². The van der Waals surface area contributed by atoms with Gasteiger partial charge in [0.15, 0.2) is 0 Å². The molecule has 4 nitrogen and oxygen atoms in total. The molecule has 0 bridgehead atoms. The van der Waals surface area contributed by atoms with Gasteiger partial charge in [-0.3, -0.25) is 4.90 Å². The second-order valence-corrected chi connectivity index (χ2v) is 5.08. The molecule has 1 aromatic rings. The van der Waals surface area contributed by atoms with E-state index in [1.54, 1.807) is 6.07 Å². The molecule has 0 atom stereocenters. The third-order valence-electron chi connectivity index (χ3n) is 3.66. The van der Waals surface area contributed by atoms with Gasteiger partial charge in [-0.25, -0.2) is 4.79 Å². The number of piperidine rings is 1. The molecule has 0 aromatic carbocycles. The van der Waals surface area contributed by atoms with Gasteiger partial charge in [0.2, 0.25) is 5.76 Å². The first-order valence-electron chi connectivity index (χ1n) is 6.73. The lowest BCUT2D eigenvalue weighted by atomic mass is 9.92. The van der Waals surface area contributed by atoms with Crippen LogP contribution in [0.15, 0.2) is 16.5 Å².